The van der Waals surface area contributed by atoms with Crippen LogP contribution in [0, 0.1) is 0 Å². The van der Waals surface area contributed by atoms with E-state index in [0.717, 1.165) is 24.8 Å². The zero-order valence-corrected chi connectivity index (χ0v) is 13.7. The van der Waals surface area contributed by atoms with Gasteiger partial charge in [0.25, 0.3) is 0 Å². The number of morpholine rings is 1. The average molecular weight is 338 g/mol. The number of amides is 1. The first-order valence-electron chi connectivity index (χ1n) is 8.21. The summed E-state index contributed by atoms with van der Waals surface area (Å²) < 4.78 is 16.9. The van der Waals surface area contributed by atoms with Crippen LogP contribution in [-0.4, -0.2) is 49.3 Å². The Balaban J connectivity index is 1.51. The molecule has 1 saturated heterocycles. The third kappa shape index (κ3) is 2.88. The van der Waals surface area contributed by atoms with E-state index < -0.39 is 0 Å². The summed E-state index contributed by atoms with van der Waals surface area (Å²) in [6, 6.07) is 3.91. The number of hydrogen-bond acceptors (Lipinski definition) is 4. The SMILES string of the molecule is O=C(Cc1cc(Cl)c2c(c1)OCCO2)N1CCO[C@@H]2CCC[C@@H]21. The fraction of sp³-hybridized carbons (Fsp3) is 0.588. The van der Waals surface area contributed by atoms with Crippen LogP contribution in [0.2, 0.25) is 5.02 Å². The predicted molar refractivity (Wildman–Crippen MR) is 85.2 cm³/mol. The molecule has 4 rings (SSSR count). The largest absolute Gasteiger partial charge is 0.486 e. The Morgan fingerprint density at radius 1 is 1.22 bits per heavy atom. The van der Waals surface area contributed by atoms with E-state index in [9.17, 15) is 4.79 Å². The minimum Gasteiger partial charge on any atom is -0.486 e. The lowest BCUT2D eigenvalue weighted by Gasteiger charge is -2.37. The number of carbonyl (C=O) groups excluding carboxylic acids is 1. The average Bonchev–Trinajstić information content (AvgIpc) is 3.03. The molecule has 1 saturated carbocycles. The second-order valence-corrected chi connectivity index (χ2v) is 6.68. The zero-order valence-electron chi connectivity index (χ0n) is 12.9. The van der Waals surface area contributed by atoms with Crippen molar-refractivity contribution in [3.05, 3.63) is 22.7 Å². The molecule has 0 spiro atoms. The molecule has 124 valence electrons. The lowest BCUT2D eigenvalue weighted by atomic mass is 10.1. The predicted octanol–water partition coefficient (Wildman–Crippen LogP) is 2.43. The quantitative estimate of drug-likeness (QED) is 0.831. The van der Waals surface area contributed by atoms with Gasteiger partial charge in [0, 0.05) is 6.54 Å². The van der Waals surface area contributed by atoms with Crippen LogP contribution in [0.4, 0.5) is 0 Å². The van der Waals surface area contributed by atoms with Crippen LogP contribution in [0.25, 0.3) is 0 Å². The molecule has 2 atom stereocenters. The molecular formula is C17H20ClNO4. The normalized spacial score (nSPS) is 26.0. The van der Waals surface area contributed by atoms with Crippen molar-refractivity contribution in [3.63, 3.8) is 0 Å². The monoisotopic (exact) mass is 337 g/mol. The van der Waals surface area contributed by atoms with Gasteiger partial charge in [0.2, 0.25) is 5.91 Å². The topological polar surface area (TPSA) is 48.0 Å². The Kier molecular flexibility index (Phi) is 4.07. The summed E-state index contributed by atoms with van der Waals surface area (Å²) in [5.74, 6) is 1.35. The molecule has 2 fully saturated rings. The highest BCUT2D eigenvalue weighted by Crippen LogP contribution is 2.38. The van der Waals surface area contributed by atoms with Gasteiger partial charge < -0.3 is 19.1 Å². The Morgan fingerprint density at radius 2 is 2.09 bits per heavy atom. The fourth-order valence-electron chi connectivity index (χ4n) is 3.78. The Morgan fingerprint density at radius 3 is 3.00 bits per heavy atom. The minimum atomic E-state index is 0.137. The van der Waals surface area contributed by atoms with Gasteiger partial charge in [0.15, 0.2) is 11.5 Å². The van der Waals surface area contributed by atoms with Gasteiger partial charge in [-0.2, -0.15) is 0 Å². The molecule has 0 radical (unpaired) electrons. The molecule has 1 amide bonds. The number of benzene rings is 1. The van der Waals surface area contributed by atoms with E-state index in [0.29, 0.717) is 49.3 Å². The summed E-state index contributed by atoms with van der Waals surface area (Å²) >= 11 is 6.26. The first-order valence-corrected chi connectivity index (χ1v) is 8.59. The van der Waals surface area contributed by atoms with Gasteiger partial charge in [-0.1, -0.05) is 11.6 Å². The van der Waals surface area contributed by atoms with Gasteiger partial charge in [-0.3, -0.25) is 4.79 Å². The highest BCUT2D eigenvalue weighted by molar-refractivity contribution is 6.32. The molecule has 3 aliphatic rings. The number of nitrogens with zero attached hydrogens (tertiary/aromatic N) is 1. The van der Waals surface area contributed by atoms with Gasteiger partial charge in [-0.15, -0.1) is 0 Å². The minimum absolute atomic E-state index is 0.137. The number of halogens is 1. The summed E-state index contributed by atoms with van der Waals surface area (Å²) in [6.07, 6.45) is 3.79. The smallest absolute Gasteiger partial charge is 0.227 e. The molecule has 0 N–H and O–H groups in total. The summed E-state index contributed by atoms with van der Waals surface area (Å²) in [6.45, 7) is 2.32. The highest BCUT2D eigenvalue weighted by Gasteiger charge is 2.38. The molecule has 1 aromatic rings. The molecule has 0 aromatic heterocycles. The number of rotatable bonds is 2. The van der Waals surface area contributed by atoms with Crippen LogP contribution in [-0.2, 0) is 16.0 Å². The molecular weight excluding hydrogens is 318 g/mol. The van der Waals surface area contributed by atoms with Crippen LogP contribution >= 0.6 is 11.6 Å². The first kappa shape index (κ1) is 15.1. The summed E-state index contributed by atoms with van der Waals surface area (Å²) in [7, 11) is 0. The molecule has 2 heterocycles. The number of carbonyl (C=O) groups is 1. The van der Waals surface area contributed by atoms with E-state index in [1.54, 1.807) is 6.07 Å². The molecule has 1 aliphatic carbocycles. The maximum atomic E-state index is 12.7. The summed E-state index contributed by atoms with van der Waals surface area (Å²) in [5.41, 5.74) is 0.866. The van der Waals surface area contributed by atoms with Gasteiger partial charge in [0.1, 0.15) is 13.2 Å². The molecule has 5 nitrogen and oxygen atoms in total. The second kappa shape index (κ2) is 6.21. The van der Waals surface area contributed by atoms with E-state index in [2.05, 4.69) is 0 Å². The zero-order chi connectivity index (χ0) is 15.8. The van der Waals surface area contributed by atoms with E-state index in [-0.39, 0.29) is 18.1 Å². The standard InChI is InChI=1S/C17H20ClNO4/c18-12-8-11(9-15-17(12)23-7-6-22-15)10-16(20)19-4-5-21-14-3-1-2-13(14)19/h8-9,13-14H,1-7,10H2/t13-,14+/m0/s1. The van der Waals surface area contributed by atoms with Crippen molar-refractivity contribution in [1.82, 2.24) is 4.90 Å². The highest BCUT2D eigenvalue weighted by atomic mass is 35.5. The third-order valence-electron chi connectivity index (χ3n) is 4.81. The summed E-state index contributed by atoms with van der Waals surface area (Å²) in [5, 5.41) is 0.505. The van der Waals surface area contributed by atoms with Crippen LogP contribution in [0.3, 0.4) is 0 Å². The van der Waals surface area contributed by atoms with Crippen molar-refractivity contribution >= 4 is 17.5 Å². The van der Waals surface area contributed by atoms with E-state index >= 15 is 0 Å². The molecule has 0 bridgehead atoms. The number of hydrogen-bond donors (Lipinski definition) is 0. The maximum absolute atomic E-state index is 12.7. The fourth-order valence-corrected chi connectivity index (χ4v) is 4.07. The molecule has 23 heavy (non-hydrogen) atoms. The van der Waals surface area contributed by atoms with Gasteiger partial charge >= 0.3 is 0 Å². The second-order valence-electron chi connectivity index (χ2n) is 6.27. The van der Waals surface area contributed by atoms with Crippen molar-refractivity contribution < 1.29 is 19.0 Å². The Labute approximate surface area is 140 Å². The van der Waals surface area contributed by atoms with Crippen molar-refractivity contribution in [2.24, 2.45) is 0 Å². The van der Waals surface area contributed by atoms with Crippen LogP contribution < -0.4 is 9.47 Å². The van der Waals surface area contributed by atoms with E-state index in [1.807, 2.05) is 11.0 Å². The molecule has 2 aliphatic heterocycles. The van der Waals surface area contributed by atoms with Crippen molar-refractivity contribution in [2.45, 2.75) is 37.8 Å². The molecule has 1 aromatic carbocycles. The third-order valence-corrected chi connectivity index (χ3v) is 5.10. The summed E-state index contributed by atoms with van der Waals surface area (Å²) in [4.78, 5) is 14.7. The van der Waals surface area contributed by atoms with Crippen molar-refractivity contribution in [2.75, 3.05) is 26.4 Å². The molecule has 6 heteroatoms. The Hall–Kier alpha value is -1.46. The van der Waals surface area contributed by atoms with Crippen LogP contribution in [0.15, 0.2) is 12.1 Å². The van der Waals surface area contributed by atoms with Gasteiger partial charge in [-0.25, -0.2) is 0 Å². The lowest BCUT2D eigenvalue weighted by Crippen LogP contribution is -2.51. The lowest BCUT2D eigenvalue weighted by molar-refractivity contribution is -0.143. The van der Waals surface area contributed by atoms with E-state index in [4.69, 9.17) is 25.8 Å². The van der Waals surface area contributed by atoms with Crippen molar-refractivity contribution in [1.29, 1.82) is 0 Å². The van der Waals surface area contributed by atoms with E-state index in [1.165, 1.54) is 0 Å². The number of fused-ring (bicyclic) bond motifs is 2. The van der Waals surface area contributed by atoms with Gasteiger partial charge in [-0.05, 0) is 37.0 Å². The maximum Gasteiger partial charge on any atom is 0.227 e. The molecule has 0 unspecified atom stereocenters. The van der Waals surface area contributed by atoms with Gasteiger partial charge in [0.05, 0.1) is 30.2 Å². The van der Waals surface area contributed by atoms with Crippen LogP contribution in [0.1, 0.15) is 24.8 Å². The number of ether oxygens (including phenoxy) is 3. The van der Waals surface area contributed by atoms with Crippen LogP contribution in [0.5, 0.6) is 11.5 Å². The van der Waals surface area contributed by atoms with Crippen molar-refractivity contribution in [3.8, 4) is 11.5 Å². The first-order chi connectivity index (χ1) is 11.2. The Bertz CT molecular complexity index is 621.